The van der Waals surface area contributed by atoms with Gasteiger partial charge in [0.1, 0.15) is 5.75 Å². The minimum Gasteiger partial charge on any atom is -0.507 e. The Morgan fingerprint density at radius 2 is 1.79 bits per heavy atom. The maximum absolute atomic E-state index is 12.8. The van der Waals surface area contributed by atoms with Gasteiger partial charge in [0.05, 0.1) is 0 Å². The Bertz CT molecular complexity index is 1140. The molecule has 0 unspecified atom stereocenters. The maximum Gasteiger partial charge on any atom is 0.319 e. The number of amides is 2. The molecule has 1 saturated carbocycles. The molecule has 1 aliphatic carbocycles. The van der Waals surface area contributed by atoms with Crippen LogP contribution in [0, 0.1) is 5.92 Å². The number of fused-ring (bicyclic) bond motifs is 1. The number of rotatable bonds is 5. The third-order valence-electron chi connectivity index (χ3n) is 7.47. The standard InChI is InChI=1S/C28H32ClN3O2/c29-22-9-7-19(8-10-22)17-20-13-15-32(16-14-20)26-5-2-4-25(26)31-28(34)30-23-11-12-24-21(18-23)3-1-6-27(24)33/h1,3,6-12,18,20,25-26,33H,2,4-5,13-17H2,(H2,30,31,34)/t25-,26-/m1/s1. The lowest BCUT2D eigenvalue weighted by atomic mass is 9.89. The van der Waals surface area contributed by atoms with Crippen molar-refractivity contribution in [1.82, 2.24) is 10.2 Å². The lowest BCUT2D eigenvalue weighted by Gasteiger charge is -2.38. The summed E-state index contributed by atoms with van der Waals surface area (Å²) in [7, 11) is 0. The number of urea groups is 1. The van der Waals surface area contributed by atoms with E-state index in [0.29, 0.717) is 12.0 Å². The van der Waals surface area contributed by atoms with Gasteiger partial charge >= 0.3 is 6.03 Å². The molecule has 5 nitrogen and oxygen atoms in total. The number of likely N-dealkylation sites (tertiary alicyclic amines) is 1. The van der Waals surface area contributed by atoms with Crippen LogP contribution in [-0.4, -0.2) is 41.2 Å². The number of nitrogens with one attached hydrogen (secondary N) is 2. The fourth-order valence-corrected chi connectivity index (χ4v) is 5.79. The fraction of sp³-hybridized carbons (Fsp3) is 0.393. The summed E-state index contributed by atoms with van der Waals surface area (Å²) in [5.74, 6) is 0.958. The van der Waals surface area contributed by atoms with Crippen molar-refractivity contribution in [2.45, 2.75) is 50.6 Å². The second-order valence-corrected chi connectivity index (χ2v) is 10.2. The summed E-state index contributed by atoms with van der Waals surface area (Å²) in [6, 6.07) is 19.7. The molecule has 5 rings (SSSR count). The smallest absolute Gasteiger partial charge is 0.319 e. The van der Waals surface area contributed by atoms with Crippen LogP contribution in [0.2, 0.25) is 5.02 Å². The van der Waals surface area contributed by atoms with Crippen LogP contribution in [0.5, 0.6) is 5.75 Å². The summed E-state index contributed by atoms with van der Waals surface area (Å²) in [6.07, 6.45) is 6.82. The van der Waals surface area contributed by atoms with Gasteiger partial charge in [-0.25, -0.2) is 4.79 Å². The molecular weight excluding hydrogens is 446 g/mol. The molecule has 2 atom stereocenters. The lowest BCUT2D eigenvalue weighted by Crippen LogP contribution is -2.52. The van der Waals surface area contributed by atoms with Crippen molar-refractivity contribution >= 4 is 34.1 Å². The van der Waals surface area contributed by atoms with E-state index in [1.54, 1.807) is 6.07 Å². The summed E-state index contributed by atoms with van der Waals surface area (Å²) in [5.41, 5.74) is 2.09. The van der Waals surface area contributed by atoms with Gasteiger partial charge in [-0.15, -0.1) is 0 Å². The van der Waals surface area contributed by atoms with E-state index in [-0.39, 0.29) is 17.8 Å². The average Bonchev–Trinajstić information content (AvgIpc) is 3.29. The predicted molar refractivity (Wildman–Crippen MR) is 139 cm³/mol. The van der Waals surface area contributed by atoms with Gasteiger partial charge < -0.3 is 15.7 Å². The summed E-state index contributed by atoms with van der Waals surface area (Å²) < 4.78 is 0. The fourth-order valence-electron chi connectivity index (χ4n) is 5.67. The quantitative estimate of drug-likeness (QED) is 0.410. The molecule has 6 heteroatoms. The van der Waals surface area contributed by atoms with E-state index in [2.05, 4.69) is 27.7 Å². The number of phenols is 1. The van der Waals surface area contributed by atoms with Crippen molar-refractivity contribution in [3.63, 3.8) is 0 Å². The van der Waals surface area contributed by atoms with Crippen LogP contribution in [-0.2, 0) is 6.42 Å². The third-order valence-corrected chi connectivity index (χ3v) is 7.72. The Balaban J connectivity index is 1.14. The molecule has 1 aliphatic heterocycles. The molecule has 3 N–H and O–H groups in total. The molecule has 3 aromatic carbocycles. The largest absolute Gasteiger partial charge is 0.507 e. The second-order valence-electron chi connectivity index (χ2n) is 9.73. The highest BCUT2D eigenvalue weighted by molar-refractivity contribution is 6.30. The van der Waals surface area contributed by atoms with E-state index in [0.717, 1.165) is 60.3 Å². The number of carbonyl (C=O) groups excluding carboxylic acids is 1. The minimum atomic E-state index is -0.158. The number of hydrogen-bond donors (Lipinski definition) is 3. The van der Waals surface area contributed by atoms with Crippen molar-refractivity contribution in [3.05, 3.63) is 71.2 Å². The van der Waals surface area contributed by atoms with Crippen LogP contribution in [0.15, 0.2) is 60.7 Å². The number of aromatic hydroxyl groups is 1. The van der Waals surface area contributed by atoms with Gasteiger partial charge in [0.25, 0.3) is 0 Å². The summed E-state index contributed by atoms with van der Waals surface area (Å²) >= 11 is 6.02. The molecule has 3 aromatic rings. The van der Waals surface area contributed by atoms with Crippen LogP contribution in [0.1, 0.15) is 37.7 Å². The molecule has 0 bridgehead atoms. The molecule has 0 radical (unpaired) electrons. The number of hydrogen-bond acceptors (Lipinski definition) is 3. The minimum absolute atomic E-state index is 0.158. The summed E-state index contributed by atoms with van der Waals surface area (Å²) in [5, 5.41) is 18.7. The van der Waals surface area contributed by atoms with E-state index in [9.17, 15) is 9.90 Å². The van der Waals surface area contributed by atoms with Crippen molar-refractivity contribution in [3.8, 4) is 5.75 Å². The number of nitrogens with zero attached hydrogens (tertiary/aromatic N) is 1. The molecule has 178 valence electrons. The molecule has 0 aromatic heterocycles. The summed E-state index contributed by atoms with van der Waals surface area (Å²) in [6.45, 7) is 2.19. The highest BCUT2D eigenvalue weighted by Gasteiger charge is 2.35. The number of anilines is 1. The molecule has 34 heavy (non-hydrogen) atoms. The molecule has 0 spiro atoms. The van der Waals surface area contributed by atoms with Crippen LogP contribution in [0.3, 0.4) is 0 Å². The van der Waals surface area contributed by atoms with Crippen LogP contribution in [0.25, 0.3) is 10.8 Å². The van der Waals surface area contributed by atoms with Crippen molar-refractivity contribution < 1.29 is 9.90 Å². The van der Waals surface area contributed by atoms with E-state index in [1.165, 1.54) is 18.4 Å². The number of benzene rings is 3. The van der Waals surface area contributed by atoms with Gasteiger partial charge in [-0.05, 0) is 105 Å². The van der Waals surface area contributed by atoms with Crippen LogP contribution in [0.4, 0.5) is 10.5 Å². The number of phenolic OH excluding ortho intramolecular Hbond substituents is 1. The molecule has 2 aliphatic rings. The zero-order chi connectivity index (χ0) is 23.5. The Morgan fingerprint density at radius 1 is 1.00 bits per heavy atom. The van der Waals surface area contributed by atoms with Gasteiger partial charge in [-0.1, -0.05) is 35.9 Å². The van der Waals surface area contributed by atoms with E-state index >= 15 is 0 Å². The molecule has 1 heterocycles. The van der Waals surface area contributed by atoms with Crippen LogP contribution < -0.4 is 10.6 Å². The first-order valence-corrected chi connectivity index (χ1v) is 12.7. The van der Waals surface area contributed by atoms with Gasteiger partial charge in [-0.2, -0.15) is 0 Å². The average molecular weight is 478 g/mol. The number of piperidine rings is 1. The Kier molecular flexibility index (Phi) is 6.93. The second kappa shape index (κ2) is 10.2. The molecule has 2 amide bonds. The van der Waals surface area contributed by atoms with Gasteiger partial charge in [0, 0.05) is 28.2 Å². The highest BCUT2D eigenvalue weighted by atomic mass is 35.5. The summed E-state index contributed by atoms with van der Waals surface area (Å²) in [4.78, 5) is 15.4. The highest BCUT2D eigenvalue weighted by Crippen LogP contribution is 2.30. The molecule has 1 saturated heterocycles. The first-order chi connectivity index (χ1) is 16.5. The topological polar surface area (TPSA) is 64.6 Å². The van der Waals surface area contributed by atoms with E-state index in [1.807, 2.05) is 42.5 Å². The Morgan fingerprint density at radius 3 is 2.59 bits per heavy atom. The SMILES string of the molecule is O=C(Nc1ccc2c(O)cccc2c1)N[C@@H]1CCC[C@H]1N1CCC(Cc2ccc(Cl)cc2)CC1. The number of carbonyl (C=O) groups is 1. The van der Waals surface area contributed by atoms with Gasteiger partial charge in [0.15, 0.2) is 0 Å². The van der Waals surface area contributed by atoms with Crippen molar-refractivity contribution in [2.75, 3.05) is 18.4 Å². The van der Waals surface area contributed by atoms with E-state index < -0.39 is 0 Å². The molecule has 2 fully saturated rings. The van der Waals surface area contributed by atoms with Crippen molar-refractivity contribution in [2.24, 2.45) is 5.92 Å². The molecular formula is C28H32ClN3O2. The Labute approximate surface area is 206 Å². The van der Waals surface area contributed by atoms with E-state index in [4.69, 9.17) is 11.6 Å². The van der Waals surface area contributed by atoms with Crippen molar-refractivity contribution in [1.29, 1.82) is 0 Å². The monoisotopic (exact) mass is 477 g/mol. The lowest BCUT2D eigenvalue weighted by molar-refractivity contribution is 0.119. The maximum atomic E-state index is 12.8. The Hall–Kier alpha value is -2.76. The zero-order valence-electron chi connectivity index (χ0n) is 19.3. The third kappa shape index (κ3) is 5.31. The zero-order valence-corrected chi connectivity index (χ0v) is 20.1. The number of halogens is 1. The van der Waals surface area contributed by atoms with Crippen LogP contribution >= 0.6 is 11.6 Å². The van der Waals surface area contributed by atoms with Gasteiger partial charge in [0.2, 0.25) is 0 Å². The first-order valence-electron chi connectivity index (χ1n) is 12.3. The normalized spacial score (nSPS) is 21.6. The van der Waals surface area contributed by atoms with Gasteiger partial charge in [-0.3, -0.25) is 4.90 Å². The predicted octanol–water partition coefficient (Wildman–Crippen LogP) is 6.20. The first kappa shape index (κ1) is 23.0.